The summed E-state index contributed by atoms with van der Waals surface area (Å²) in [6, 6.07) is 1.20. The van der Waals surface area contributed by atoms with E-state index < -0.39 is 15.6 Å². The topological polar surface area (TPSA) is 103 Å². The van der Waals surface area contributed by atoms with Crippen LogP contribution in [0.5, 0.6) is 0 Å². The normalized spacial score (nSPS) is 12.9. The standard InChI is InChI=1S/C8H12N2O4S2.Na/c1-2-5-15-8-9-4-3-6(10-8)7(11)16(12,13)14;/h3-4,7,11H,2,5H2,1H3,(H,12,13,14);/q;+1/p-1. The van der Waals surface area contributed by atoms with Crippen LogP contribution in [0.3, 0.4) is 0 Å². The zero-order valence-electron chi connectivity index (χ0n) is 9.53. The zero-order chi connectivity index (χ0) is 12.2. The van der Waals surface area contributed by atoms with Crippen molar-refractivity contribution in [3.05, 3.63) is 18.0 Å². The van der Waals surface area contributed by atoms with Gasteiger partial charge in [0.15, 0.2) is 10.6 Å². The van der Waals surface area contributed by atoms with Crippen molar-refractivity contribution in [1.82, 2.24) is 9.97 Å². The molecular weight excluding hydrogens is 275 g/mol. The number of hydrogen-bond acceptors (Lipinski definition) is 7. The SMILES string of the molecule is CCCSc1nccc(C(O)S(=O)(=O)[O-])n1.[Na+]. The van der Waals surface area contributed by atoms with E-state index >= 15 is 0 Å². The Kier molecular flexibility index (Phi) is 7.81. The predicted molar refractivity (Wildman–Crippen MR) is 57.7 cm³/mol. The number of aliphatic hydroxyl groups is 1. The van der Waals surface area contributed by atoms with E-state index in [1.54, 1.807) is 0 Å². The third kappa shape index (κ3) is 5.64. The fourth-order valence-corrected chi connectivity index (χ4v) is 2.02. The molecule has 0 spiro atoms. The Balaban J connectivity index is 0.00000256. The molecule has 0 saturated heterocycles. The van der Waals surface area contributed by atoms with E-state index in [0.717, 1.165) is 12.2 Å². The van der Waals surface area contributed by atoms with E-state index in [0.29, 0.717) is 5.16 Å². The first-order chi connectivity index (χ1) is 7.45. The molecule has 17 heavy (non-hydrogen) atoms. The summed E-state index contributed by atoms with van der Waals surface area (Å²) >= 11 is 1.33. The maximum atomic E-state index is 10.6. The average molecular weight is 286 g/mol. The molecule has 0 aliphatic rings. The molecule has 0 aromatic carbocycles. The molecule has 1 aromatic rings. The Morgan fingerprint density at radius 2 is 2.24 bits per heavy atom. The summed E-state index contributed by atoms with van der Waals surface area (Å²) in [6.45, 7) is 1.98. The molecule has 1 aromatic heterocycles. The van der Waals surface area contributed by atoms with Crippen LogP contribution in [0, 0.1) is 0 Å². The Bertz CT molecular complexity index is 455. The van der Waals surface area contributed by atoms with Crippen LogP contribution in [0.1, 0.15) is 24.5 Å². The minimum absolute atomic E-state index is 0. The molecule has 0 amide bonds. The van der Waals surface area contributed by atoms with E-state index in [1.165, 1.54) is 24.0 Å². The Morgan fingerprint density at radius 1 is 1.59 bits per heavy atom. The molecule has 1 unspecified atom stereocenters. The van der Waals surface area contributed by atoms with Gasteiger partial charge in [0.2, 0.25) is 0 Å². The third-order valence-electron chi connectivity index (χ3n) is 1.62. The van der Waals surface area contributed by atoms with Crippen molar-refractivity contribution in [2.75, 3.05) is 5.75 Å². The van der Waals surface area contributed by atoms with Crippen LogP contribution in [0.25, 0.3) is 0 Å². The van der Waals surface area contributed by atoms with Crippen molar-refractivity contribution in [3.63, 3.8) is 0 Å². The van der Waals surface area contributed by atoms with Crippen LogP contribution in [0.2, 0.25) is 0 Å². The van der Waals surface area contributed by atoms with E-state index in [4.69, 9.17) is 0 Å². The quantitative estimate of drug-likeness (QED) is 0.277. The molecule has 0 fully saturated rings. The summed E-state index contributed by atoms with van der Waals surface area (Å²) in [5, 5.41) is 9.56. The van der Waals surface area contributed by atoms with Crippen molar-refractivity contribution < 1.29 is 47.6 Å². The Labute approximate surface area is 126 Å². The first kappa shape index (κ1) is 17.3. The smallest absolute Gasteiger partial charge is 0.746 e. The van der Waals surface area contributed by atoms with E-state index in [-0.39, 0.29) is 35.3 Å². The van der Waals surface area contributed by atoms with Crippen LogP contribution in [-0.2, 0) is 10.1 Å². The van der Waals surface area contributed by atoms with Gasteiger partial charge in [0.25, 0.3) is 0 Å². The monoisotopic (exact) mass is 286 g/mol. The van der Waals surface area contributed by atoms with Gasteiger partial charge in [-0.15, -0.1) is 0 Å². The number of aliphatic hydroxyl groups excluding tert-OH is 1. The molecule has 0 saturated carbocycles. The van der Waals surface area contributed by atoms with Crippen LogP contribution >= 0.6 is 11.8 Å². The summed E-state index contributed by atoms with van der Waals surface area (Å²) in [5.41, 5.74) is -2.32. The van der Waals surface area contributed by atoms with Crippen molar-refractivity contribution in [3.8, 4) is 0 Å². The van der Waals surface area contributed by atoms with Crippen molar-refractivity contribution >= 4 is 21.9 Å². The number of rotatable bonds is 5. The summed E-state index contributed by atoms with van der Waals surface area (Å²) in [5.74, 6) is 0.781. The molecule has 1 heterocycles. The van der Waals surface area contributed by atoms with Gasteiger partial charge < -0.3 is 9.66 Å². The van der Waals surface area contributed by atoms with Gasteiger partial charge in [-0.05, 0) is 12.5 Å². The molecule has 9 heteroatoms. The molecule has 1 N–H and O–H groups in total. The summed E-state index contributed by atoms with van der Waals surface area (Å²) < 4.78 is 31.8. The number of aromatic nitrogens is 2. The van der Waals surface area contributed by atoms with E-state index in [1.807, 2.05) is 6.92 Å². The molecule has 1 atom stereocenters. The number of hydrogen-bond donors (Lipinski definition) is 1. The fraction of sp³-hybridized carbons (Fsp3) is 0.500. The van der Waals surface area contributed by atoms with Crippen LogP contribution < -0.4 is 29.6 Å². The second kappa shape index (κ2) is 7.67. The molecular formula is C8H11N2NaO4S2. The molecule has 90 valence electrons. The van der Waals surface area contributed by atoms with Gasteiger partial charge in [-0.25, -0.2) is 18.4 Å². The second-order valence-electron chi connectivity index (χ2n) is 2.96. The van der Waals surface area contributed by atoms with Crippen LogP contribution in [-0.4, -0.2) is 33.8 Å². The van der Waals surface area contributed by atoms with E-state index in [2.05, 4.69) is 9.97 Å². The van der Waals surface area contributed by atoms with Gasteiger partial charge in [-0.1, -0.05) is 18.7 Å². The van der Waals surface area contributed by atoms with Gasteiger partial charge >= 0.3 is 29.6 Å². The fourth-order valence-electron chi connectivity index (χ4n) is 0.902. The molecule has 0 bridgehead atoms. The predicted octanol–water partition coefficient (Wildman–Crippen LogP) is -2.48. The first-order valence-electron chi connectivity index (χ1n) is 4.53. The minimum atomic E-state index is -4.79. The van der Waals surface area contributed by atoms with Gasteiger partial charge in [0, 0.05) is 11.9 Å². The largest absolute Gasteiger partial charge is 1.00 e. The maximum Gasteiger partial charge on any atom is 1.00 e. The van der Waals surface area contributed by atoms with Crippen molar-refractivity contribution in [2.24, 2.45) is 0 Å². The zero-order valence-corrected chi connectivity index (χ0v) is 13.2. The van der Waals surface area contributed by atoms with Crippen LogP contribution in [0.4, 0.5) is 0 Å². The Morgan fingerprint density at radius 3 is 2.76 bits per heavy atom. The van der Waals surface area contributed by atoms with Gasteiger partial charge in [0.1, 0.15) is 10.1 Å². The number of thioether (sulfide) groups is 1. The summed E-state index contributed by atoms with van der Waals surface area (Å²) in [4.78, 5) is 7.68. The van der Waals surface area contributed by atoms with E-state index in [9.17, 15) is 18.1 Å². The molecule has 1 rings (SSSR count). The summed E-state index contributed by atoms with van der Waals surface area (Å²) in [7, 11) is -4.79. The first-order valence-corrected chi connectivity index (χ1v) is 6.99. The Hall–Kier alpha value is 0.300. The molecule has 0 radical (unpaired) electrons. The van der Waals surface area contributed by atoms with Crippen molar-refractivity contribution in [1.29, 1.82) is 0 Å². The molecule has 6 nitrogen and oxygen atoms in total. The third-order valence-corrected chi connectivity index (χ3v) is 3.47. The van der Waals surface area contributed by atoms with Crippen molar-refractivity contribution in [2.45, 2.75) is 23.9 Å². The maximum absolute atomic E-state index is 10.6. The second-order valence-corrected chi connectivity index (χ2v) is 5.45. The molecule has 0 aliphatic heterocycles. The van der Waals surface area contributed by atoms with Gasteiger partial charge in [-0.2, -0.15) is 0 Å². The number of nitrogens with zero attached hydrogens (tertiary/aromatic N) is 2. The average Bonchev–Trinajstić information content (AvgIpc) is 2.24. The summed E-state index contributed by atoms with van der Waals surface area (Å²) in [6.07, 6.45) is 2.23. The molecule has 0 aliphatic carbocycles. The van der Waals surface area contributed by atoms with Crippen LogP contribution in [0.15, 0.2) is 17.4 Å². The minimum Gasteiger partial charge on any atom is -0.746 e. The van der Waals surface area contributed by atoms with Gasteiger partial charge in [-0.3, -0.25) is 0 Å². The van der Waals surface area contributed by atoms with Gasteiger partial charge in [0.05, 0.1) is 5.69 Å².